The molecule has 1 aromatic rings. The zero-order valence-corrected chi connectivity index (χ0v) is 15.9. The van der Waals surface area contributed by atoms with Crippen LogP contribution in [-0.4, -0.2) is 60.5 Å². The molecule has 0 amide bonds. The number of nitrogens with zero attached hydrogens (tertiary/aromatic N) is 4. The second-order valence-electron chi connectivity index (χ2n) is 7.02. The summed E-state index contributed by atoms with van der Waals surface area (Å²) < 4.78 is 7.56. The Balaban J connectivity index is 1.89. The van der Waals surface area contributed by atoms with Crippen LogP contribution in [0.3, 0.4) is 0 Å². The van der Waals surface area contributed by atoms with Crippen molar-refractivity contribution in [3.8, 4) is 0 Å². The topological polar surface area (TPSA) is 54.7 Å². The van der Waals surface area contributed by atoms with Crippen LogP contribution in [0.2, 0.25) is 0 Å². The second-order valence-corrected chi connectivity index (χ2v) is 7.02. The number of nitrogens with one attached hydrogen (secondary N) is 1. The molecular weight excluding hydrogens is 302 g/mol. The Labute approximate surface area is 146 Å². The van der Waals surface area contributed by atoms with Crippen molar-refractivity contribution in [1.82, 2.24) is 20.0 Å². The molecule has 0 radical (unpaired) electrons. The highest BCUT2D eigenvalue weighted by Gasteiger charge is 2.19. The van der Waals surface area contributed by atoms with Crippen LogP contribution in [-0.2, 0) is 11.3 Å². The minimum absolute atomic E-state index is 0.444. The van der Waals surface area contributed by atoms with Crippen molar-refractivity contribution >= 4 is 5.96 Å². The number of rotatable bonds is 7. The lowest BCUT2D eigenvalue weighted by molar-refractivity contribution is 0.181. The number of aromatic nitrogens is 2. The molecule has 6 nitrogen and oxygen atoms in total. The van der Waals surface area contributed by atoms with Gasteiger partial charge >= 0.3 is 0 Å². The molecule has 136 valence electrons. The van der Waals surface area contributed by atoms with Gasteiger partial charge in [-0.2, -0.15) is 5.10 Å². The van der Waals surface area contributed by atoms with E-state index in [1.807, 2.05) is 6.92 Å². The third-order valence-electron chi connectivity index (χ3n) is 4.39. The number of ether oxygens (including phenoxy) is 1. The molecule has 2 rings (SSSR count). The fourth-order valence-electron chi connectivity index (χ4n) is 3.13. The van der Waals surface area contributed by atoms with Gasteiger partial charge in [0.2, 0.25) is 0 Å². The van der Waals surface area contributed by atoms with E-state index in [2.05, 4.69) is 53.9 Å². The number of guanidine groups is 1. The zero-order chi connectivity index (χ0) is 17.5. The van der Waals surface area contributed by atoms with Gasteiger partial charge in [0.1, 0.15) is 0 Å². The molecular formula is C18H33N5O. The molecule has 2 unspecified atom stereocenters. The summed E-state index contributed by atoms with van der Waals surface area (Å²) in [5.74, 6) is 2.05. The monoisotopic (exact) mass is 335 g/mol. The van der Waals surface area contributed by atoms with Crippen molar-refractivity contribution < 1.29 is 4.74 Å². The van der Waals surface area contributed by atoms with Gasteiger partial charge in [-0.25, -0.2) is 0 Å². The van der Waals surface area contributed by atoms with Crippen molar-refractivity contribution in [2.24, 2.45) is 16.8 Å². The Morgan fingerprint density at radius 3 is 2.92 bits per heavy atom. The minimum atomic E-state index is 0.444. The Morgan fingerprint density at radius 1 is 1.54 bits per heavy atom. The molecule has 1 fully saturated rings. The third-order valence-corrected chi connectivity index (χ3v) is 4.39. The molecule has 1 N–H and O–H groups in total. The SMILES string of the molecule is CCNC(=NCC(C)Cn1nc(C)cc1C)N(C)CC1CCOC1. The molecule has 2 heterocycles. The van der Waals surface area contributed by atoms with Gasteiger partial charge in [-0.15, -0.1) is 0 Å². The lowest BCUT2D eigenvalue weighted by atomic mass is 10.1. The van der Waals surface area contributed by atoms with Crippen molar-refractivity contribution in [1.29, 1.82) is 0 Å². The maximum absolute atomic E-state index is 5.48. The smallest absolute Gasteiger partial charge is 0.193 e. The lowest BCUT2D eigenvalue weighted by Gasteiger charge is -2.25. The average Bonchev–Trinajstić information content (AvgIpc) is 3.13. The number of hydrogen-bond acceptors (Lipinski definition) is 3. The minimum Gasteiger partial charge on any atom is -0.381 e. The average molecular weight is 335 g/mol. The standard InChI is InChI=1S/C18H33N5O/c1-6-19-18(22(5)12-17-7-8-24-13-17)20-10-14(2)11-23-16(4)9-15(3)21-23/h9,14,17H,6-8,10-13H2,1-5H3,(H,19,20). The van der Waals surface area contributed by atoms with Crippen molar-refractivity contribution in [3.05, 3.63) is 17.5 Å². The summed E-state index contributed by atoms with van der Waals surface area (Å²) in [6, 6.07) is 2.12. The van der Waals surface area contributed by atoms with Gasteiger partial charge in [0.05, 0.1) is 12.3 Å². The van der Waals surface area contributed by atoms with Gasteiger partial charge in [0.25, 0.3) is 0 Å². The summed E-state index contributed by atoms with van der Waals surface area (Å²) in [4.78, 5) is 7.07. The highest BCUT2D eigenvalue weighted by atomic mass is 16.5. The molecule has 1 aromatic heterocycles. The van der Waals surface area contributed by atoms with Gasteiger partial charge in [0, 0.05) is 51.4 Å². The first-order valence-corrected chi connectivity index (χ1v) is 9.07. The Bertz CT molecular complexity index is 534. The van der Waals surface area contributed by atoms with E-state index in [1.165, 1.54) is 5.69 Å². The summed E-state index contributed by atoms with van der Waals surface area (Å²) in [6.07, 6.45) is 1.15. The second kappa shape index (κ2) is 9.06. The van der Waals surface area contributed by atoms with Gasteiger partial charge in [-0.05, 0) is 39.2 Å². The first kappa shape index (κ1) is 18.8. The van der Waals surface area contributed by atoms with E-state index < -0.39 is 0 Å². The summed E-state index contributed by atoms with van der Waals surface area (Å²) in [5, 5.41) is 7.95. The van der Waals surface area contributed by atoms with Crippen LogP contribution in [0.5, 0.6) is 0 Å². The third kappa shape index (κ3) is 5.51. The van der Waals surface area contributed by atoms with Gasteiger partial charge < -0.3 is 15.0 Å². The highest BCUT2D eigenvalue weighted by Crippen LogP contribution is 2.13. The molecule has 2 atom stereocenters. The first-order chi connectivity index (χ1) is 11.5. The number of hydrogen-bond donors (Lipinski definition) is 1. The van der Waals surface area contributed by atoms with E-state index in [9.17, 15) is 0 Å². The summed E-state index contributed by atoms with van der Waals surface area (Å²) in [6.45, 7) is 13.8. The van der Waals surface area contributed by atoms with Crippen molar-refractivity contribution in [3.63, 3.8) is 0 Å². The van der Waals surface area contributed by atoms with Crippen LogP contribution in [0.15, 0.2) is 11.1 Å². The Hall–Kier alpha value is -1.56. The van der Waals surface area contributed by atoms with Crippen molar-refractivity contribution in [2.45, 2.75) is 40.7 Å². The molecule has 0 aliphatic carbocycles. The molecule has 0 bridgehead atoms. The van der Waals surface area contributed by atoms with E-state index in [4.69, 9.17) is 9.73 Å². The van der Waals surface area contributed by atoms with Gasteiger partial charge in [0.15, 0.2) is 5.96 Å². The highest BCUT2D eigenvalue weighted by molar-refractivity contribution is 5.79. The van der Waals surface area contributed by atoms with E-state index in [0.29, 0.717) is 11.8 Å². The molecule has 0 spiro atoms. The van der Waals surface area contributed by atoms with Crippen molar-refractivity contribution in [2.75, 3.05) is 39.9 Å². The predicted octanol–water partition coefficient (Wildman–Crippen LogP) is 2.07. The van der Waals surface area contributed by atoms with E-state index in [0.717, 1.165) is 57.5 Å². The molecule has 1 aliphatic rings. The van der Waals surface area contributed by atoms with Gasteiger partial charge in [-0.3, -0.25) is 9.67 Å². The summed E-state index contributed by atoms with van der Waals surface area (Å²) in [5.41, 5.74) is 2.30. The van der Waals surface area contributed by atoms with Crippen LogP contribution in [0.25, 0.3) is 0 Å². The van der Waals surface area contributed by atoms with E-state index >= 15 is 0 Å². The molecule has 0 saturated carbocycles. The first-order valence-electron chi connectivity index (χ1n) is 9.07. The lowest BCUT2D eigenvalue weighted by Crippen LogP contribution is -2.41. The summed E-state index contributed by atoms with van der Waals surface area (Å²) in [7, 11) is 2.12. The largest absolute Gasteiger partial charge is 0.381 e. The van der Waals surface area contributed by atoms with Crippen LogP contribution in [0, 0.1) is 25.7 Å². The quantitative estimate of drug-likeness (QED) is 0.612. The molecule has 24 heavy (non-hydrogen) atoms. The predicted molar refractivity (Wildman–Crippen MR) is 98.4 cm³/mol. The molecule has 6 heteroatoms. The normalized spacial score (nSPS) is 19.5. The van der Waals surface area contributed by atoms with E-state index in [1.54, 1.807) is 0 Å². The Morgan fingerprint density at radius 2 is 2.33 bits per heavy atom. The van der Waals surface area contributed by atoms with Crippen LogP contribution in [0.4, 0.5) is 0 Å². The van der Waals surface area contributed by atoms with Crippen LogP contribution in [0.1, 0.15) is 31.7 Å². The fourth-order valence-corrected chi connectivity index (χ4v) is 3.13. The summed E-state index contributed by atoms with van der Waals surface area (Å²) >= 11 is 0. The molecule has 0 aromatic carbocycles. The maximum atomic E-state index is 5.48. The fraction of sp³-hybridized carbons (Fsp3) is 0.778. The maximum Gasteiger partial charge on any atom is 0.193 e. The molecule has 1 saturated heterocycles. The van der Waals surface area contributed by atoms with Gasteiger partial charge in [-0.1, -0.05) is 6.92 Å². The number of aryl methyl sites for hydroxylation is 2. The van der Waals surface area contributed by atoms with Crippen LogP contribution < -0.4 is 5.32 Å². The zero-order valence-electron chi connectivity index (χ0n) is 15.9. The Kier molecular flexibility index (Phi) is 7.09. The molecule has 1 aliphatic heterocycles. The van der Waals surface area contributed by atoms with Crippen LogP contribution >= 0.6 is 0 Å². The van der Waals surface area contributed by atoms with E-state index in [-0.39, 0.29) is 0 Å². The number of aliphatic imine (C=N–C) groups is 1.